The molecule has 0 rings (SSSR count). The first-order valence-electron chi connectivity index (χ1n) is 4.77. The SMILES string of the molecule is CC(C)=O.O=C(O)CCCCCC(=O)O. The van der Waals surface area contributed by atoms with Crippen LogP contribution in [0.1, 0.15) is 46.0 Å². The van der Waals surface area contributed by atoms with E-state index in [2.05, 4.69) is 0 Å². The number of ketones is 1. The van der Waals surface area contributed by atoms with Crippen molar-refractivity contribution in [3.63, 3.8) is 0 Å². The van der Waals surface area contributed by atoms with E-state index in [1.807, 2.05) is 0 Å². The lowest BCUT2D eigenvalue weighted by molar-refractivity contribution is -0.137. The van der Waals surface area contributed by atoms with E-state index in [9.17, 15) is 14.4 Å². The Morgan fingerprint density at radius 3 is 1.27 bits per heavy atom. The predicted octanol–water partition coefficient (Wildman–Crippen LogP) is 1.70. The standard InChI is InChI=1S/C7H12O4.C3H6O/c8-6(9)4-2-1-3-5-7(10)11;1-3(2)4/h1-5H2,(H,8,9)(H,10,11);1-2H3. The van der Waals surface area contributed by atoms with Crippen molar-refractivity contribution in [2.24, 2.45) is 0 Å². The van der Waals surface area contributed by atoms with E-state index in [4.69, 9.17) is 10.2 Å². The van der Waals surface area contributed by atoms with Crippen molar-refractivity contribution in [3.8, 4) is 0 Å². The Labute approximate surface area is 89.1 Å². The maximum Gasteiger partial charge on any atom is 0.303 e. The largest absolute Gasteiger partial charge is 0.481 e. The molecule has 0 aliphatic heterocycles. The van der Waals surface area contributed by atoms with Crippen LogP contribution < -0.4 is 0 Å². The van der Waals surface area contributed by atoms with Crippen molar-refractivity contribution in [2.45, 2.75) is 46.0 Å². The van der Waals surface area contributed by atoms with Gasteiger partial charge in [0.15, 0.2) is 0 Å². The summed E-state index contributed by atoms with van der Waals surface area (Å²) in [5.74, 6) is -1.47. The van der Waals surface area contributed by atoms with Gasteiger partial charge in [-0.3, -0.25) is 9.59 Å². The van der Waals surface area contributed by atoms with Crippen LogP contribution >= 0.6 is 0 Å². The highest BCUT2D eigenvalue weighted by Gasteiger charge is 1.98. The zero-order valence-electron chi connectivity index (χ0n) is 9.15. The zero-order valence-corrected chi connectivity index (χ0v) is 9.15. The number of hydrogen-bond donors (Lipinski definition) is 2. The first kappa shape index (κ1) is 16.1. The maximum atomic E-state index is 9.98. The van der Waals surface area contributed by atoms with Gasteiger partial charge in [0.1, 0.15) is 5.78 Å². The van der Waals surface area contributed by atoms with Crippen LogP contribution in [0.5, 0.6) is 0 Å². The molecule has 0 aromatic rings. The summed E-state index contributed by atoms with van der Waals surface area (Å²) in [5, 5.41) is 16.4. The quantitative estimate of drug-likeness (QED) is 0.662. The summed E-state index contributed by atoms with van der Waals surface area (Å²) in [6.07, 6.45) is 2.10. The van der Waals surface area contributed by atoms with Gasteiger partial charge in [-0.25, -0.2) is 0 Å². The Kier molecular flexibility index (Phi) is 11.4. The molecule has 0 aliphatic carbocycles. The molecule has 0 atom stereocenters. The molecule has 0 spiro atoms. The summed E-state index contributed by atoms with van der Waals surface area (Å²) in [5.41, 5.74) is 0. The lowest BCUT2D eigenvalue weighted by atomic mass is 10.1. The monoisotopic (exact) mass is 218 g/mol. The highest BCUT2D eigenvalue weighted by Crippen LogP contribution is 2.02. The number of Topliss-reactive ketones (excluding diaryl/α,β-unsaturated/α-hetero) is 1. The average Bonchev–Trinajstić information content (AvgIpc) is 2.01. The zero-order chi connectivity index (χ0) is 12.3. The molecule has 0 fully saturated rings. The van der Waals surface area contributed by atoms with E-state index < -0.39 is 11.9 Å². The van der Waals surface area contributed by atoms with Gasteiger partial charge >= 0.3 is 11.9 Å². The van der Waals surface area contributed by atoms with Gasteiger partial charge in [-0.05, 0) is 26.7 Å². The molecule has 5 heteroatoms. The van der Waals surface area contributed by atoms with Gasteiger partial charge in [-0.2, -0.15) is 0 Å². The van der Waals surface area contributed by atoms with E-state index in [0.29, 0.717) is 19.3 Å². The summed E-state index contributed by atoms with van der Waals surface area (Å²) in [6, 6.07) is 0. The third-order valence-corrected chi connectivity index (χ3v) is 1.28. The molecule has 0 aliphatic rings. The van der Waals surface area contributed by atoms with Gasteiger partial charge in [0.05, 0.1) is 0 Å². The number of carboxylic acids is 2. The van der Waals surface area contributed by atoms with Crippen LogP contribution in [0.25, 0.3) is 0 Å². The second kappa shape index (κ2) is 10.7. The Bertz CT molecular complexity index is 190. The van der Waals surface area contributed by atoms with Gasteiger partial charge < -0.3 is 15.0 Å². The molecule has 5 nitrogen and oxygen atoms in total. The van der Waals surface area contributed by atoms with Crippen LogP contribution in [0.2, 0.25) is 0 Å². The van der Waals surface area contributed by atoms with E-state index in [0.717, 1.165) is 0 Å². The normalized spacial score (nSPS) is 8.67. The highest BCUT2D eigenvalue weighted by molar-refractivity contribution is 5.72. The van der Waals surface area contributed by atoms with Crippen LogP contribution in [0, 0.1) is 0 Å². The van der Waals surface area contributed by atoms with Crippen LogP contribution in [-0.4, -0.2) is 27.9 Å². The molecule has 15 heavy (non-hydrogen) atoms. The Morgan fingerprint density at radius 2 is 1.07 bits per heavy atom. The first-order chi connectivity index (χ1) is 6.86. The minimum absolute atomic E-state index is 0.139. The van der Waals surface area contributed by atoms with Crippen molar-refractivity contribution in [2.75, 3.05) is 0 Å². The van der Waals surface area contributed by atoms with Crippen molar-refractivity contribution < 1.29 is 24.6 Å². The smallest absolute Gasteiger partial charge is 0.303 e. The summed E-state index contributed by atoms with van der Waals surface area (Å²) in [4.78, 5) is 29.4. The summed E-state index contributed by atoms with van der Waals surface area (Å²) in [6.45, 7) is 3.06. The topological polar surface area (TPSA) is 91.7 Å². The highest BCUT2D eigenvalue weighted by atomic mass is 16.4. The summed E-state index contributed by atoms with van der Waals surface area (Å²) in [7, 11) is 0. The summed E-state index contributed by atoms with van der Waals surface area (Å²) < 4.78 is 0. The molecule has 0 unspecified atom stereocenters. The average molecular weight is 218 g/mol. The number of carbonyl (C=O) groups excluding carboxylic acids is 1. The number of aliphatic carboxylic acids is 2. The molecule has 0 radical (unpaired) electrons. The van der Waals surface area contributed by atoms with Crippen LogP contribution in [0.4, 0.5) is 0 Å². The Morgan fingerprint density at radius 1 is 0.800 bits per heavy atom. The van der Waals surface area contributed by atoms with Gasteiger partial charge in [-0.1, -0.05) is 6.42 Å². The van der Waals surface area contributed by atoms with Crippen LogP contribution in [-0.2, 0) is 14.4 Å². The molecule has 0 heterocycles. The molecule has 0 amide bonds. The summed E-state index contributed by atoms with van der Waals surface area (Å²) >= 11 is 0. The maximum absolute atomic E-state index is 9.98. The van der Waals surface area contributed by atoms with Gasteiger partial charge in [-0.15, -0.1) is 0 Å². The number of unbranched alkanes of at least 4 members (excludes halogenated alkanes) is 2. The molecular weight excluding hydrogens is 200 g/mol. The van der Waals surface area contributed by atoms with Gasteiger partial charge in [0.25, 0.3) is 0 Å². The third kappa shape index (κ3) is 32.5. The Hall–Kier alpha value is -1.39. The number of rotatable bonds is 6. The number of carboxylic acid groups (broad SMARTS) is 2. The predicted molar refractivity (Wildman–Crippen MR) is 54.7 cm³/mol. The lowest BCUT2D eigenvalue weighted by Crippen LogP contribution is -1.96. The van der Waals surface area contributed by atoms with E-state index in [1.165, 1.54) is 13.8 Å². The molecule has 0 bridgehead atoms. The number of carbonyl (C=O) groups is 3. The van der Waals surface area contributed by atoms with Gasteiger partial charge in [0.2, 0.25) is 0 Å². The van der Waals surface area contributed by atoms with Crippen molar-refractivity contribution in [1.82, 2.24) is 0 Å². The van der Waals surface area contributed by atoms with Crippen molar-refractivity contribution >= 4 is 17.7 Å². The second-order valence-corrected chi connectivity index (χ2v) is 3.26. The first-order valence-corrected chi connectivity index (χ1v) is 4.77. The molecule has 2 N–H and O–H groups in total. The minimum atomic E-state index is -0.819. The fourth-order valence-corrected chi connectivity index (χ4v) is 0.729. The minimum Gasteiger partial charge on any atom is -0.481 e. The van der Waals surface area contributed by atoms with Crippen LogP contribution in [0.15, 0.2) is 0 Å². The van der Waals surface area contributed by atoms with Crippen LogP contribution in [0.3, 0.4) is 0 Å². The fraction of sp³-hybridized carbons (Fsp3) is 0.700. The van der Waals surface area contributed by atoms with Crippen molar-refractivity contribution in [1.29, 1.82) is 0 Å². The molecule has 0 saturated carbocycles. The fourth-order valence-electron chi connectivity index (χ4n) is 0.729. The van der Waals surface area contributed by atoms with E-state index >= 15 is 0 Å². The molecular formula is C10H18O5. The molecule has 88 valence electrons. The van der Waals surface area contributed by atoms with E-state index in [1.54, 1.807) is 0 Å². The van der Waals surface area contributed by atoms with E-state index in [-0.39, 0.29) is 18.6 Å². The molecule has 0 saturated heterocycles. The Balaban J connectivity index is 0. The third-order valence-electron chi connectivity index (χ3n) is 1.28. The van der Waals surface area contributed by atoms with Crippen molar-refractivity contribution in [3.05, 3.63) is 0 Å². The molecule has 0 aromatic carbocycles. The molecule has 0 aromatic heterocycles. The lowest BCUT2D eigenvalue weighted by Gasteiger charge is -1.94. The number of hydrogen-bond acceptors (Lipinski definition) is 3. The second-order valence-electron chi connectivity index (χ2n) is 3.26. The van der Waals surface area contributed by atoms with Gasteiger partial charge in [0, 0.05) is 12.8 Å².